The summed E-state index contributed by atoms with van der Waals surface area (Å²) in [5.74, 6) is 1.26. The van der Waals surface area contributed by atoms with Crippen LogP contribution in [0.15, 0.2) is 12.2 Å². The zero-order valence-corrected chi connectivity index (χ0v) is 15.3. The third-order valence-corrected chi connectivity index (χ3v) is 7.69. The van der Waals surface area contributed by atoms with Crippen LogP contribution in [-0.4, -0.2) is 24.7 Å². The van der Waals surface area contributed by atoms with Crippen LogP contribution in [0.5, 0.6) is 0 Å². The SMILES string of the molecule is C=C1CCC[C@]2(C)C[C@H]3OC(=O)[C@@H](C[NH2+]C4CCCCC4)[C@H]3C[C@@H]12. The third kappa shape index (κ3) is 2.94. The van der Waals surface area contributed by atoms with E-state index in [1.165, 1.54) is 56.9 Å². The third-order valence-electron chi connectivity index (χ3n) is 7.69. The van der Waals surface area contributed by atoms with Gasteiger partial charge in [0.15, 0.2) is 0 Å². The fraction of sp³-hybridized carbons (Fsp3) is 0.857. The van der Waals surface area contributed by atoms with Gasteiger partial charge in [-0.05, 0) is 69.1 Å². The molecule has 0 aromatic carbocycles. The summed E-state index contributed by atoms with van der Waals surface area (Å²) in [5, 5.41) is 2.47. The molecule has 0 unspecified atom stereocenters. The highest BCUT2D eigenvalue weighted by atomic mass is 16.6. The largest absolute Gasteiger partial charge is 0.462 e. The number of carbonyl (C=O) groups is 1. The highest BCUT2D eigenvalue weighted by molar-refractivity contribution is 5.75. The average Bonchev–Trinajstić information content (AvgIpc) is 2.86. The van der Waals surface area contributed by atoms with Crippen molar-refractivity contribution in [3.8, 4) is 0 Å². The maximum Gasteiger partial charge on any atom is 0.315 e. The van der Waals surface area contributed by atoms with E-state index >= 15 is 0 Å². The van der Waals surface area contributed by atoms with Gasteiger partial charge in [0.1, 0.15) is 12.0 Å². The maximum absolute atomic E-state index is 12.5. The predicted octanol–water partition coefficient (Wildman–Crippen LogP) is 3.20. The monoisotopic (exact) mass is 332 g/mol. The molecule has 134 valence electrons. The molecule has 0 amide bonds. The molecule has 1 saturated heterocycles. The molecule has 2 N–H and O–H groups in total. The standard InChI is InChI=1S/C21H33NO2/c1-14-7-6-10-21(2)12-19-16(11-18(14)21)17(20(23)24-19)13-22-15-8-4-3-5-9-15/h15-19,22H,1,3-13H2,2H3/p+1/t16-,17+,18+,19-,21-/m1/s1. The Balaban J connectivity index is 1.43. The smallest absolute Gasteiger partial charge is 0.315 e. The summed E-state index contributed by atoms with van der Waals surface area (Å²) >= 11 is 0. The summed E-state index contributed by atoms with van der Waals surface area (Å²) in [5.41, 5.74) is 1.76. The molecule has 4 aliphatic rings. The maximum atomic E-state index is 12.5. The van der Waals surface area contributed by atoms with Gasteiger partial charge in [0.05, 0.1) is 12.6 Å². The molecule has 1 aliphatic heterocycles. The topological polar surface area (TPSA) is 42.9 Å². The normalized spacial score (nSPS) is 43.2. The van der Waals surface area contributed by atoms with Crippen molar-refractivity contribution in [3.63, 3.8) is 0 Å². The number of esters is 1. The van der Waals surface area contributed by atoms with Crippen molar-refractivity contribution in [2.24, 2.45) is 23.2 Å². The Morgan fingerprint density at radius 3 is 2.83 bits per heavy atom. The fourth-order valence-electron chi connectivity index (χ4n) is 6.23. The first-order valence-electron chi connectivity index (χ1n) is 10.3. The Morgan fingerprint density at radius 2 is 2.04 bits per heavy atom. The Bertz CT molecular complexity index is 510. The van der Waals surface area contributed by atoms with Crippen LogP contribution < -0.4 is 5.32 Å². The van der Waals surface area contributed by atoms with E-state index in [9.17, 15) is 4.79 Å². The van der Waals surface area contributed by atoms with Crippen LogP contribution in [0.4, 0.5) is 0 Å². The van der Waals surface area contributed by atoms with Gasteiger partial charge in [-0.1, -0.05) is 25.5 Å². The molecule has 0 aromatic heterocycles. The van der Waals surface area contributed by atoms with E-state index in [0.29, 0.717) is 17.3 Å². The van der Waals surface area contributed by atoms with Crippen LogP contribution in [0.2, 0.25) is 0 Å². The first-order valence-corrected chi connectivity index (χ1v) is 10.3. The van der Waals surface area contributed by atoms with Gasteiger partial charge in [0.25, 0.3) is 0 Å². The number of allylic oxidation sites excluding steroid dienone is 1. The zero-order chi connectivity index (χ0) is 16.7. The fourth-order valence-corrected chi connectivity index (χ4v) is 6.23. The van der Waals surface area contributed by atoms with Crippen molar-refractivity contribution < 1.29 is 14.8 Å². The molecule has 3 aliphatic carbocycles. The molecule has 0 bridgehead atoms. The lowest BCUT2D eigenvalue weighted by Gasteiger charge is -2.49. The molecule has 4 rings (SSSR count). The van der Waals surface area contributed by atoms with Gasteiger partial charge in [-0.25, -0.2) is 0 Å². The lowest BCUT2D eigenvalue weighted by Crippen LogP contribution is -2.91. The minimum absolute atomic E-state index is 0.0879. The number of rotatable bonds is 3. The van der Waals surface area contributed by atoms with Crippen molar-refractivity contribution >= 4 is 5.97 Å². The van der Waals surface area contributed by atoms with Gasteiger partial charge in [0.2, 0.25) is 0 Å². The number of ether oxygens (including phenoxy) is 1. The van der Waals surface area contributed by atoms with E-state index < -0.39 is 0 Å². The molecular weight excluding hydrogens is 298 g/mol. The second-order valence-electron chi connectivity index (χ2n) is 9.27. The van der Waals surface area contributed by atoms with Crippen molar-refractivity contribution in [3.05, 3.63) is 12.2 Å². The van der Waals surface area contributed by atoms with E-state index in [-0.39, 0.29) is 18.0 Å². The van der Waals surface area contributed by atoms with E-state index in [1.807, 2.05) is 0 Å². The highest BCUT2D eigenvalue weighted by Gasteiger charge is 2.55. The van der Waals surface area contributed by atoms with Gasteiger partial charge < -0.3 is 10.1 Å². The number of nitrogens with two attached hydrogens (primary N) is 1. The minimum atomic E-state index is 0.0879. The Kier molecular flexibility index (Phi) is 4.49. The number of quaternary nitrogens is 1. The molecule has 5 atom stereocenters. The summed E-state index contributed by atoms with van der Waals surface area (Å²) in [4.78, 5) is 12.5. The summed E-state index contributed by atoms with van der Waals surface area (Å²) in [6, 6.07) is 0.740. The Labute approximate surface area is 146 Å². The first kappa shape index (κ1) is 16.6. The molecule has 0 aromatic rings. The molecule has 4 fully saturated rings. The van der Waals surface area contributed by atoms with E-state index in [0.717, 1.165) is 25.4 Å². The molecule has 3 nitrogen and oxygen atoms in total. The quantitative estimate of drug-likeness (QED) is 0.637. The van der Waals surface area contributed by atoms with Crippen molar-refractivity contribution in [1.29, 1.82) is 0 Å². The van der Waals surface area contributed by atoms with Crippen molar-refractivity contribution in [2.45, 2.75) is 83.3 Å². The number of fused-ring (bicyclic) bond motifs is 2. The van der Waals surface area contributed by atoms with Crippen LogP contribution >= 0.6 is 0 Å². The molecule has 3 saturated carbocycles. The average molecular weight is 333 g/mol. The summed E-state index contributed by atoms with van der Waals surface area (Å²) < 4.78 is 5.88. The van der Waals surface area contributed by atoms with Gasteiger partial charge in [0, 0.05) is 5.92 Å². The Morgan fingerprint density at radius 1 is 1.25 bits per heavy atom. The first-order chi connectivity index (χ1) is 11.6. The van der Waals surface area contributed by atoms with Crippen molar-refractivity contribution in [1.82, 2.24) is 0 Å². The molecule has 1 heterocycles. The van der Waals surface area contributed by atoms with Crippen LogP contribution in [-0.2, 0) is 9.53 Å². The number of hydrogen-bond donors (Lipinski definition) is 1. The van der Waals surface area contributed by atoms with Crippen molar-refractivity contribution in [2.75, 3.05) is 6.54 Å². The molecular formula is C21H34NO2+. The van der Waals surface area contributed by atoms with Gasteiger partial charge in [-0.3, -0.25) is 4.79 Å². The Hall–Kier alpha value is -0.830. The summed E-state index contributed by atoms with van der Waals surface area (Å²) in [6.45, 7) is 7.74. The lowest BCUT2D eigenvalue weighted by atomic mass is 9.55. The van der Waals surface area contributed by atoms with E-state index in [4.69, 9.17) is 4.74 Å². The van der Waals surface area contributed by atoms with Crippen LogP contribution in [0, 0.1) is 23.2 Å². The second kappa shape index (κ2) is 6.48. The van der Waals surface area contributed by atoms with Gasteiger partial charge in [-0.15, -0.1) is 0 Å². The van der Waals surface area contributed by atoms with Gasteiger partial charge in [-0.2, -0.15) is 0 Å². The van der Waals surface area contributed by atoms with E-state index in [1.54, 1.807) is 0 Å². The summed E-state index contributed by atoms with van der Waals surface area (Å²) in [7, 11) is 0. The second-order valence-corrected chi connectivity index (χ2v) is 9.27. The molecule has 0 spiro atoms. The zero-order valence-electron chi connectivity index (χ0n) is 15.3. The van der Waals surface area contributed by atoms with Crippen LogP contribution in [0.25, 0.3) is 0 Å². The number of carbonyl (C=O) groups excluding carboxylic acids is 1. The molecule has 24 heavy (non-hydrogen) atoms. The molecule has 0 radical (unpaired) electrons. The number of hydrogen-bond acceptors (Lipinski definition) is 2. The predicted molar refractivity (Wildman–Crippen MR) is 94.3 cm³/mol. The minimum Gasteiger partial charge on any atom is -0.462 e. The highest BCUT2D eigenvalue weighted by Crippen LogP contribution is 2.56. The lowest BCUT2D eigenvalue weighted by molar-refractivity contribution is -0.695. The van der Waals surface area contributed by atoms with E-state index in [2.05, 4.69) is 18.8 Å². The van der Waals surface area contributed by atoms with Crippen LogP contribution in [0.3, 0.4) is 0 Å². The van der Waals surface area contributed by atoms with Crippen LogP contribution in [0.1, 0.15) is 71.1 Å². The van der Waals surface area contributed by atoms with Gasteiger partial charge >= 0.3 is 5.97 Å². The molecule has 3 heteroatoms. The summed E-state index contributed by atoms with van der Waals surface area (Å²) in [6.07, 6.45) is 12.9.